The SMILES string of the molecule is CC(C)(C)OC(=O)N1CCCC[C@@H]1COCc1ccccn1. The van der Waals surface area contributed by atoms with Gasteiger partial charge in [-0.2, -0.15) is 0 Å². The zero-order valence-electron chi connectivity index (χ0n) is 13.7. The number of hydrogen-bond acceptors (Lipinski definition) is 4. The normalized spacial score (nSPS) is 19.0. The third-order valence-corrected chi connectivity index (χ3v) is 3.54. The van der Waals surface area contributed by atoms with Crippen molar-refractivity contribution in [2.24, 2.45) is 0 Å². The van der Waals surface area contributed by atoms with Crippen molar-refractivity contribution in [1.82, 2.24) is 9.88 Å². The minimum Gasteiger partial charge on any atom is -0.444 e. The highest BCUT2D eigenvalue weighted by Gasteiger charge is 2.30. The lowest BCUT2D eigenvalue weighted by Crippen LogP contribution is -2.48. The van der Waals surface area contributed by atoms with Crippen molar-refractivity contribution >= 4 is 6.09 Å². The summed E-state index contributed by atoms with van der Waals surface area (Å²) in [6, 6.07) is 5.85. The number of pyridine rings is 1. The van der Waals surface area contributed by atoms with Gasteiger partial charge in [-0.1, -0.05) is 6.07 Å². The summed E-state index contributed by atoms with van der Waals surface area (Å²) in [5.41, 5.74) is 0.440. The molecule has 1 aromatic heterocycles. The number of carbonyl (C=O) groups is 1. The van der Waals surface area contributed by atoms with Gasteiger partial charge in [0, 0.05) is 12.7 Å². The van der Waals surface area contributed by atoms with Gasteiger partial charge in [-0.05, 0) is 52.2 Å². The molecule has 0 saturated carbocycles. The van der Waals surface area contributed by atoms with E-state index < -0.39 is 5.60 Å². The number of hydrogen-bond donors (Lipinski definition) is 0. The maximum absolute atomic E-state index is 12.3. The molecule has 0 unspecified atom stereocenters. The zero-order chi connectivity index (χ0) is 16.0. The van der Waals surface area contributed by atoms with Crippen molar-refractivity contribution < 1.29 is 14.3 Å². The van der Waals surface area contributed by atoms with Gasteiger partial charge in [-0.25, -0.2) is 4.79 Å². The van der Waals surface area contributed by atoms with Gasteiger partial charge in [0.05, 0.1) is 24.9 Å². The lowest BCUT2D eigenvalue weighted by Gasteiger charge is -2.36. The van der Waals surface area contributed by atoms with Crippen LogP contribution in [-0.4, -0.2) is 40.8 Å². The molecular formula is C17H26N2O3. The van der Waals surface area contributed by atoms with Crippen LogP contribution in [0.1, 0.15) is 45.7 Å². The van der Waals surface area contributed by atoms with Crippen molar-refractivity contribution in [2.45, 2.75) is 58.3 Å². The number of piperidine rings is 1. The number of carbonyl (C=O) groups excluding carboxylic acids is 1. The Morgan fingerprint density at radius 3 is 2.86 bits per heavy atom. The predicted molar refractivity (Wildman–Crippen MR) is 84.5 cm³/mol. The summed E-state index contributed by atoms with van der Waals surface area (Å²) < 4.78 is 11.2. The average Bonchev–Trinajstić information content (AvgIpc) is 2.47. The predicted octanol–water partition coefficient (Wildman–Crippen LogP) is 3.39. The van der Waals surface area contributed by atoms with E-state index in [4.69, 9.17) is 9.47 Å². The minimum atomic E-state index is -0.464. The number of rotatable bonds is 4. The summed E-state index contributed by atoms with van der Waals surface area (Å²) in [6.07, 6.45) is 4.62. The largest absolute Gasteiger partial charge is 0.444 e. The van der Waals surface area contributed by atoms with Crippen molar-refractivity contribution in [3.8, 4) is 0 Å². The molecule has 1 aliphatic heterocycles. The quantitative estimate of drug-likeness (QED) is 0.855. The Labute approximate surface area is 132 Å². The highest BCUT2D eigenvalue weighted by molar-refractivity contribution is 5.68. The molecule has 1 fully saturated rings. The van der Waals surface area contributed by atoms with E-state index in [-0.39, 0.29) is 12.1 Å². The number of nitrogens with zero attached hydrogens (tertiary/aromatic N) is 2. The van der Waals surface area contributed by atoms with Gasteiger partial charge in [0.15, 0.2) is 0 Å². The third-order valence-electron chi connectivity index (χ3n) is 3.54. The third kappa shape index (κ3) is 5.30. The first-order valence-corrected chi connectivity index (χ1v) is 7.93. The Morgan fingerprint density at radius 2 is 2.18 bits per heavy atom. The summed E-state index contributed by atoms with van der Waals surface area (Å²) in [5.74, 6) is 0. The van der Waals surface area contributed by atoms with E-state index in [2.05, 4.69) is 4.98 Å². The van der Waals surface area contributed by atoms with Crippen LogP contribution in [0.25, 0.3) is 0 Å². The molecule has 2 rings (SSSR count). The van der Waals surface area contributed by atoms with Crippen molar-refractivity contribution in [3.05, 3.63) is 30.1 Å². The number of likely N-dealkylation sites (tertiary alicyclic amines) is 1. The number of aromatic nitrogens is 1. The Kier molecular flexibility index (Phi) is 5.77. The molecule has 122 valence electrons. The fraction of sp³-hybridized carbons (Fsp3) is 0.647. The van der Waals surface area contributed by atoms with Crippen molar-refractivity contribution in [3.63, 3.8) is 0 Å². The van der Waals surface area contributed by atoms with Crippen LogP contribution in [0.4, 0.5) is 4.79 Å². The van der Waals surface area contributed by atoms with Gasteiger partial charge in [0.2, 0.25) is 0 Å². The first-order chi connectivity index (χ1) is 10.5. The molecule has 0 spiro atoms. The van der Waals surface area contributed by atoms with Gasteiger partial charge in [0.1, 0.15) is 5.60 Å². The standard InChI is InChI=1S/C17H26N2O3/c1-17(2,3)22-16(20)19-11-7-5-9-15(19)13-21-12-14-8-4-6-10-18-14/h4,6,8,10,15H,5,7,9,11-13H2,1-3H3/t15-/m1/s1. The molecule has 5 nitrogen and oxygen atoms in total. The summed E-state index contributed by atoms with van der Waals surface area (Å²) in [4.78, 5) is 18.3. The second-order valence-electron chi connectivity index (χ2n) is 6.66. The summed E-state index contributed by atoms with van der Waals surface area (Å²) in [7, 11) is 0. The topological polar surface area (TPSA) is 51.7 Å². The molecule has 22 heavy (non-hydrogen) atoms. The molecule has 0 aliphatic carbocycles. The van der Waals surface area contributed by atoms with Crippen LogP contribution in [0.15, 0.2) is 24.4 Å². The van der Waals surface area contributed by atoms with E-state index in [9.17, 15) is 4.79 Å². The number of ether oxygens (including phenoxy) is 2. The van der Waals surface area contributed by atoms with E-state index in [0.29, 0.717) is 13.2 Å². The van der Waals surface area contributed by atoms with E-state index in [1.165, 1.54) is 0 Å². The van der Waals surface area contributed by atoms with Crippen molar-refractivity contribution in [1.29, 1.82) is 0 Å². The maximum Gasteiger partial charge on any atom is 0.410 e. The van der Waals surface area contributed by atoms with Gasteiger partial charge in [0.25, 0.3) is 0 Å². The fourth-order valence-corrected chi connectivity index (χ4v) is 2.52. The molecule has 1 aliphatic rings. The van der Waals surface area contributed by atoms with Crippen molar-refractivity contribution in [2.75, 3.05) is 13.2 Å². The monoisotopic (exact) mass is 306 g/mol. The van der Waals surface area contributed by atoms with Crippen LogP contribution >= 0.6 is 0 Å². The molecule has 0 bridgehead atoms. The Bertz CT molecular complexity index is 471. The van der Waals surface area contributed by atoms with Gasteiger partial charge in [-0.15, -0.1) is 0 Å². The van der Waals surface area contributed by atoms with Crippen LogP contribution in [0.3, 0.4) is 0 Å². The summed E-state index contributed by atoms with van der Waals surface area (Å²) >= 11 is 0. The smallest absolute Gasteiger partial charge is 0.410 e. The zero-order valence-corrected chi connectivity index (χ0v) is 13.7. The number of amides is 1. The van der Waals surface area contributed by atoms with E-state index >= 15 is 0 Å². The maximum atomic E-state index is 12.3. The van der Waals surface area contributed by atoms with Crippen LogP contribution in [-0.2, 0) is 16.1 Å². The molecule has 5 heteroatoms. The second kappa shape index (κ2) is 7.58. The van der Waals surface area contributed by atoms with Gasteiger partial charge < -0.3 is 14.4 Å². The van der Waals surface area contributed by atoms with E-state index in [1.807, 2.05) is 43.9 Å². The van der Waals surface area contributed by atoms with Crippen LogP contribution < -0.4 is 0 Å². The molecule has 1 amide bonds. The highest BCUT2D eigenvalue weighted by Crippen LogP contribution is 2.21. The molecule has 1 atom stereocenters. The van der Waals surface area contributed by atoms with Crippen LogP contribution in [0, 0.1) is 0 Å². The molecule has 0 radical (unpaired) electrons. The van der Waals surface area contributed by atoms with E-state index in [1.54, 1.807) is 6.20 Å². The Balaban J connectivity index is 1.85. The van der Waals surface area contributed by atoms with E-state index in [0.717, 1.165) is 31.5 Å². The molecule has 1 saturated heterocycles. The van der Waals surface area contributed by atoms with Crippen LogP contribution in [0.2, 0.25) is 0 Å². The van der Waals surface area contributed by atoms with Gasteiger partial charge in [-0.3, -0.25) is 4.98 Å². The van der Waals surface area contributed by atoms with Crippen LogP contribution in [0.5, 0.6) is 0 Å². The molecule has 0 N–H and O–H groups in total. The molecule has 2 heterocycles. The molecule has 0 aromatic carbocycles. The lowest BCUT2D eigenvalue weighted by atomic mass is 10.0. The highest BCUT2D eigenvalue weighted by atomic mass is 16.6. The fourth-order valence-electron chi connectivity index (χ4n) is 2.52. The first kappa shape index (κ1) is 16.7. The average molecular weight is 306 g/mol. The first-order valence-electron chi connectivity index (χ1n) is 7.93. The summed E-state index contributed by atoms with van der Waals surface area (Å²) in [5, 5.41) is 0. The minimum absolute atomic E-state index is 0.0901. The summed E-state index contributed by atoms with van der Waals surface area (Å²) in [6.45, 7) is 7.41. The lowest BCUT2D eigenvalue weighted by molar-refractivity contribution is -0.0103. The van der Waals surface area contributed by atoms with Gasteiger partial charge >= 0.3 is 6.09 Å². The second-order valence-corrected chi connectivity index (χ2v) is 6.66. The Morgan fingerprint density at radius 1 is 1.36 bits per heavy atom. The molecular weight excluding hydrogens is 280 g/mol. The molecule has 1 aromatic rings. The Hall–Kier alpha value is -1.62.